The van der Waals surface area contributed by atoms with Gasteiger partial charge in [-0.3, -0.25) is 4.79 Å². The number of hydrogen-bond donors (Lipinski definition) is 1. The van der Waals surface area contributed by atoms with Crippen molar-refractivity contribution < 1.29 is 14.3 Å². The number of benzene rings is 3. The highest BCUT2D eigenvalue weighted by Gasteiger charge is 2.11. The first-order valence-corrected chi connectivity index (χ1v) is 10.0. The third kappa shape index (κ3) is 4.99. The van der Waals surface area contributed by atoms with Crippen LogP contribution in [0.15, 0.2) is 102 Å². The fourth-order valence-electron chi connectivity index (χ4n) is 3.21. The van der Waals surface area contributed by atoms with E-state index in [1.54, 1.807) is 48.5 Å². The van der Waals surface area contributed by atoms with Crippen molar-refractivity contribution in [2.24, 2.45) is 5.10 Å². The van der Waals surface area contributed by atoms with Crippen LogP contribution < -0.4 is 10.2 Å². The van der Waals surface area contributed by atoms with Gasteiger partial charge in [0, 0.05) is 12.4 Å². The number of aromatic nitrogens is 1. The van der Waals surface area contributed by atoms with Gasteiger partial charge in [-0.25, -0.2) is 10.2 Å². The van der Waals surface area contributed by atoms with Crippen molar-refractivity contribution in [2.45, 2.75) is 6.92 Å². The van der Waals surface area contributed by atoms with E-state index in [-0.39, 0.29) is 5.91 Å². The van der Waals surface area contributed by atoms with E-state index in [0.29, 0.717) is 22.4 Å². The molecule has 0 aliphatic carbocycles. The number of aryl methyl sites for hydroxylation is 1. The summed E-state index contributed by atoms with van der Waals surface area (Å²) in [6.07, 6.45) is 5.25. The highest BCUT2D eigenvalue weighted by atomic mass is 16.5. The summed E-state index contributed by atoms with van der Waals surface area (Å²) in [5.74, 6) is -0.366. The summed E-state index contributed by atoms with van der Waals surface area (Å²) in [6.45, 7) is 1.92. The molecule has 0 atom stereocenters. The number of esters is 1. The lowest BCUT2D eigenvalue weighted by Crippen LogP contribution is -2.19. The van der Waals surface area contributed by atoms with E-state index in [1.165, 1.54) is 6.21 Å². The number of ether oxygens (including phenoxy) is 1. The Morgan fingerprint density at radius 2 is 1.69 bits per heavy atom. The zero-order chi connectivity index (χ0) is 22.3. The van der Waals surface area contributed by atoms with Crippen LogP contribution in [0.3, 0.4) is 0 Å². The van der Waals surface area contributed by atoms with Crippen molar-refractivity contribution in [2.75, 3.05) is 0 Å². The van der Waals surface area contributed by atoms with E-state index >= 15 is 0 Å². The molecule has 0 spiro atoms. The van der Waals surface area contributed by atoms with Gasteiger partial charge < -0.3 is 9.30 Å². The van der Waals surface area contributed by atoms with Gasteiger partial charge >= 0.3 is 5.97 Å². The Morgan fingerprint density at radius 3 is 2.50 bits per heavy atom. The van der Waals surface area contributed by atoms with Gasteiger partial charge in [-0.2, -0.15) is 5.10 Å². The van der Waals surface area contributed by atoms with Crippen LogP contribution in [0.4, 0.5) is 0 Å². The van der Waals surface area contributed by atoms with Crippen LogP contribution in [0, 0.1) is 6.92 Å². The average molecular weight is 423 g/mol. The smallest absolute Gasteiger partial charge is 0.343 e. The van der Waals surface area contributed by atoms with E-state index < -0.39 is 5.97 Å². The van der Waals surface area contributed by atoms with Gasteiger partial charge in [0.2, 0.25) is 0 Å². The lowest BCUT2D eigenvalue weighted by atomic mass is 10.1. The van der Waals surface area contributed by atoms with Gasteiger partial charge in [0.05, 0.1) is 23.0 Å². The van der Waals surface area contributed by atoms with Crippen LogP contribution >= 0.6 is 0 Å². The topological polar surface area (TPSA) is 72.7 Å². The second-order valence-corrected chi connectivity index (χ2v) is 7.14. The molecule has 1 heterocycles. The molecule has 4 rings (SSSR count). The Morgan fingerprint density at radius 1 is 0.906 bits per heavy atom. The SMILES string of the molecule is Cc1cccc(C(=O)Oc2cccc(/C=N/NC(=O)c3ccccc3-n3cccc3)c2)c1. The van der Waals surface area contributed by atoms with Crippen LogP contribution in [0.2, 0.25) is 0 Å². The third-order valence-electron chi connectivity index (χ3n) is 4.73. The molecule has 4 aromatic rings. The predicted octanol–water partition coefficient (Wildman–Crippen LogP) is 4.77. The second-order valence-electron chi connectivity index (χ2n) is 7.14. The molecule has 6 nitrogen and oxygen atoms in total. The maximum atomic E-state index is 12.6. The normalized spacial score (nSPS) is 10.8. The Balaban J connectivity index is 1.43. The van der Waals surface area contributed by atoms with E-state index in [0.717, 1.165) is 11.3 Å². The summed E-state index contributed by atoms with van der Waals surface area (Å²) in [4.78, 5) is 25.0. The summed E-state index contributed by atoms with van der Waals surface area (Å²) in [7, 11) is 0. The Hall–Kier alpha value is -4.45. The van der Waals surface area contributed by atoms with E-state index in [2.05, 4.69) is 10.5 Å². The molecular weight excluding hydrogens is 402 g/mol. The molecule has 0 saturated heterocycles. The molecule has 158 valence electrons. The zero-order valence-electron chi connectivity index (χ0n) is 17.4. The number of nitrogens with one attached hydrogen (secondary N) is 1. The second kappa shape index (κ2) is 9.57. The van der Waals surface area contributed by atoms with Gasteiger partial charge in [0.1, 0.15) is 5.75 Å². The standard InChI is InChI=1S/C26H21N3O3/c1-19-8-6-10-21(16-19)26(31)32-22-11-7-9-20(17-22)18-27-28-25(30)23-12-2-3-13-24(23)29-14-4-5-15-29/h2-18H,1H3,(H,28,30)/b27-18+. The Bertz CT molecular complexity index is 1280. The first-order chi connectivity index (χ1) is 15.6. The molecule has 0 aliphatic heterocycles. The molecule has 0 aliphatic rings. The Kier molecular flexibility index (Phi) is 6.22. The highest BCUT2D eigenvalue weighted by molar-refractivity contribution is 5.98. The van der Waals surface area contributed by atoms with Gasteiger partial charge in [-0.15, -0.1) is 0 Å². The molecular formula is C26H21N3O3. The molecule has 3 aromatic carbocycles. The minimum absolute atomic E-state index is 0.326. The van der Waals surface area contributed by atoms with Crippen LogP contribution in [0.1, 0.15) is 31.8 Å². The molecule has 0 unspecified atom stereocenters. The van der Waals surface area contributed by atoms with E-state index in [1.807, 2.05) is 60.3 Å². The quantitative estimate of drug-likeness (QED) is 0.210. The van der Waals surface area contributed by atoms with Crippen LogP contribution in [-0.2, 0) is 0 Å². The molecule has 0 radical (unpaired) electrons. The first kappa shape index (κ1) is 20.8. The lowest BCUT2D eigenvalue weighted by molar-refractivity contribution is 0.0734. The predicted molar refractivity (Wildman–Crippen MR) is 123 cm³/mol. The maximum absolute atomic E-state index is 12.6. The number of carbonyl (C=O) groups excluding carboxylic acids is 2. The third-order valence-corrected chi connectivity index (χ3v) is 4.73. The van der Waals surface area contributed by atoms with Gasteiger partial charge in [0.25, 0.3) is 5.91 Å². The minimum Gasteiger partial charge on any atom is -0.423 e. The molecule has 0 fully saturated rings. The molecule has 6 heteroatoms. The average Bonchev–Trinajstić information content (AvgIpc) is 3.34. The summed E-state index contributed by atoms with van der Waals surface area (Å²) < 4.78 is 7.32. The van der Waals surface area contributed by atoms with Crippen LogP contribution in [-0.4, -0.2) is 22.7 Å². The van der Waals surface area contributed by atoms with Gasteiger partial charge in [0.15, 0.2) is 0 Å². The lowest BCUT2D eigenvalue weighted by Gasteiger charge is -2.09. The number of amides is 1. The number of hydrazone groups is 1. The number of nitrogens with zero attached hydrogens (tertiary/aromatic N) is 2. The van der Waals surface area contributed by atoms with Gasteiger partial charge in [-0.1, -0.05) is 42.0 Å². The summed E-state index contributed by atoms with van der Waals surface area (Å²) in [5, 5.41) is 4.06. The van der Waals surface area contributed by atoms with Crippen molar-refractivity contribution in [3.05, 3.63) is 120 Å². The van der Waals surface area contributed by atoms with E-state index in [4.69, 9.17) is 4.74 Å². The van der Waals surface area contributed by atoms with Crippen LogP contribution in [0.5, 0.6) is 5.75 Å². The molecule has 32 heavy (non-hydrogen) atoms. The number of para-hydroxylation sites is 1. The molecule has 0 saturated carbocycles. The fourth-order valence-corrected chi connectivity index (χ4v) is 3.21. The maximum Gasteiger partial charge on any atom is 0.343 e. The molecule has 1 aromatic heterocycles. The first-order valence-electron chi connectivity index (χ1n) is 10.0. The number of rotatable bonds is 6. The van der Waals surface area contributed by atoms with Crippen LogP contribution in [0.25, 0.3) is 5.69 Å². The van der Waals surface area contributed by atoms with Gasteiger partial charge in [-0.05, 0) is 61.0 Å². The largest absolute Gasteiger partial charge is 0.423 e. The monoisotopic (exact) mass is 423 g/mol. The van der Waals surface area contributed by atoms with E-state index in [9.17, 15) is 9.59 Å². The fraction of sp³-hybridized carbons (Fsp3) is 0.0385. The van der Waals surface area contributed by atoms with Crippen molar-refractivity contribution >= 4 is 18.1 Å². The van der Waals surface area contributed by atoms with Crippen molar-refractivity contribution in [1.29, 1.82) is 0 Å². The highest BCUT2D eigenvalue weighted by Crippen LogP contribution is 2.16. The molecule has 0 bridgehead atoms. The van der Waals surface area contributed by atoms with Crippen molar-refractivity contribution in [3.63, 3.8) is 0 Å². The number of carbonyl (C=O) groups is 2. The zero-order valence-corrected chi connectivity index (χ0v) is 17.4. The summed E-state index contributed by atoms with van der Waals surface area (Å²) in [6, 6.07) is 25.2. The summed E-state index contributed by atoms with van der Waals surface area (Å²) in [5.41, 5.74) is 5.96. The van der Waals surface area contributed by atoms with Crippen molar-refractivity contribution in [3.8, 4) is 11.4 Å². The Labute approximate surface area is 185 Å². The molecule has 1 amide bonds. The molecule has 1 N–H and O–H groups in total. The minimum atomic E-state index is -0.433. The van der Waals surface area contributed by atoms with Crippen molar-refractivity contribution in [1.82, 2.24) is 9.99 Å². The summed E-state index contributed by atoms with van der Waals surface area (Å²) >= 11 is 0. The number of hydrogen-bond acceptors (Lipinski definition) is 4.